The molecule has 0 saturated carbocycles. The molecule has 0 unspecified atom stereocenters. The average Bonchev–Trinajstić information content (AvgIpc) is 3.07. The van der Waals surface area contributed by atoms with Crippen LogP contribution in [0.4, 0.5) is 4.39 Å². The summed E-state index contributed by atoms with van der Waals surface area (Å²) in [7, 11) is 1.72. The maximum atomic E-state index is 13.8. The van der Waals surface area contributed by atoms with E-state index in [0.29, 0.717) is 30.5 Å². The van der Waals surface area contributed by atoms with Crippen molar-refractivity contribution in [2.24, 2.45) is 11.7 Å². The van der Waals surface area contributed by atoms with E-state index >= 15 is 0 Å². The molecular weight excluding hydrogens is 365 g/mol. The molecule has 4 nitrogen and oxygen atoms in total. The number of hydrogen-bond donors (Lipinski definition) is 1. The van der Waals surface area contributed by atoms with E-state index in [1.165, 1.54) is 11.6 Å². The van der Waals surface area contributed by atoms with Gasteiger partial charge in [-0.15, -0.1) is 12.4 Å². The summed E-state index contributed by atoms with van der Waals surface area (Å²) in [5, 5.41) is 0. The molecular formula is C21H27ClFN3O. The van der Waals surface area contributed by atoms with Gasteiger partial charge in [-0.3, -0.25) is 9.69 Å². The van der Waals surface area contributed by atoms with Crippen LogP contribution in [0.25, 0.3) is 0 Å². The molecule has 1 fully saturated rings. The summed E-state index contributed by atoms with van der Waals surface area (Å²) in [5.74, 6) is 0.423. The SMILES string of the molecule is CN(Cc1ccccc1F)C(=O)CN1C[C@@H](CN)[C@H](c2ccccc2)C1.Cl. The Balaban J connectivity index is 0.00000261. The van der Waals surface area contributed by atoms with Crippen LogP contribution in [-0.2, 0) is 11.3 Å². The summed E-state index contributed by atoms with van der Waals surface area (Å²) in [6.07, 6.45) is 0. The second kappa shape index (κ2) is 9.83. The van der Waals surface area contributed by atoms with Gasteiger partial charge in [0.25, 0.3) is 0 Å². The molecule has 6 heteroatoms. The maximum absolute atomic E-state index is 13.8. The number of nitrogens with two attached hydrogens (primary N) is 1. The second-order valence-corrected chi connectivity index (χ2v) is 7.05. The topological polar surface area (TPSA) is 49.6 Å². The van der Waals surface area contributed by atoms with Gasteiger partial charge in [-0.05, 0) is 24.1 Å². The van der Waals surface area contributed by atoms with Crippen molar-refractivity contribution < 1.29 is 9.18 Å². The minimum absolute atomic E-state index is 0. The number of halogens is 2. The monoisotopic (exact) mass is 391 g/mol. The van der Waals surface area contributed by atoms with Crippen LogP contribution in [0.5, 0.6) is 0 Å². The highest BCUT2D eigenvalue weighted by Gasteiger charge is 2.33. The standard InChI is InChI=1S/C21H26FN3O.ClH/c1-24(12-17-9-5-6-10-20(17)22)21(26)15-25-13-18(11-23)19(14-25)16-7-3-2-4-8-16;/h2-10,18-19H,11-15,23H2,1H3;1H/t18-,19+;/m1./s1. The van der Waals surface area contributed by atoms with E-state index in [4.69, 9.17) is 5.73 Å². The van der Waals surface area contributed by atoms with Crippen molar-refractivity contribution in [1.82, 2.24) is 9.80 Å². The smallest absolute Gasteiger partial charge is 0.236 e. The van der Waals surface area contributed by atoms with Crippen molar-refractivity contribution in [2.75, 3.05) is 33.2 Å². The largest absolute Gasteiger partial charge is 0.340 e. The lowest BCUT2D eigenvalue weighted by molar-refractivity contribution is -0.131. The fourth-order valence-electron chi connectivity index (χ4n) is 3.69. The van der Waals surface area contributed by atoms with Gasteiger partial charge in [0, 0.05) is 38.2 Å². The lowest BCUT2D eigenvalue weighted by atomic mass is 9.89. The van der Waals surface area contributed by atoms with Crippen LogP contribution in [0.15, 0.2) is 54.6 Å². The summed E-state index contributed by atoms with van der Waals surface area (Å²) < 4.78 is 13.8. The number of nitrogens with zero attached hydrogens (tertiary/aromatic N) is 2. The van der Waals surface area contributed by atoms with Crippen LogP contribution in [-0.4, -0.2) is 48.9 Å². The Bertz CT molecular complexity index is 743. The van der Waals surface area contributed by atoms with Crippen LogP contribution < -0.4 is 5.73 Å². The predicted molar refractivity (Wildman–Crippen MR) is 108 cm³/mol. The Labute approximate surface area is 166 Å². The van der Waals surface area contributed by atoms with Crippen molar-refractivity contribution in [3.8, 4) is 0 Å². The molecule has 1 aliphatic rings. The molecule has 2 aromatic carbocycles. The molecule has 27 heavy (non-hydrogen) atoms. The van der Waals surface area contributed by atoms with Crippen LogP contribution in [0, 0.1) is 11.7 Å². The summed E-state index contributed by atoms with van der Waals surface area (Å²) in [4.78, 5) is 16.3. The molecule has 2 atom stereocenters. The van der Waals surface area contributed by atoms with Gasteiger partial charge in [-0.2, -0.15) is 0 Å². The number of carbonyl (C=O) groups excluding carboxylic acids is 1. The van der Waals surface area contributed by atoms with E-state index < -0.39 is 0 Å². The van der Waals surface area contributed by atoms with Crippen molar-refractivity contribution in [3.05, 3.63) is 71.5 Å². The van der Waals surface area contributed by atoms with Gasteiger partial charge in [0.2, 0.25) is 5.91 Å². The molecule has 0 spiro atoms. The molecule has 146 valence electrons. The zero-order chi connectivity index (χ0) is 18.5. The first kappa shape index (κ1) is 21.4. The molecule has 1 saturated heterocycles. The second-order valence-electron chi connectivity index (χ2n) is 7.05. The highest BCUT2D eigenvalue weighted by molar-refractivity contribution is 5.85. The minimum Gasteiger partial charge on any atom is -0.340 e. The number of carbonyl (C=O) groups is 1. The molecule has 1 aliphatic heterocycles. The molecule has 0 radical (unpaired) electrons. The Morgan fingerprint density at radius 2 is 1.81 bits per heavy atom. The first-order chi connectivity index (χ1) is 12.6. The van der Waals surface area contributed by atoms with Gasteiger partial charge < -0.3 is 10.6 Å². The zero-order valence-electron chi connectivity index (χ0n) is 15.6. The highest BCUT2D eigenvalue weighted by Crippen LogP contribution is 2.31. The third-order valence-electron chi connectivity index (χ3n) is 5.20. The van der Waals surface area contributed by atoms with Gasteiger partial charge in [0.15, 0.2) is 0 Å². The molecule has 2 aromatic rings. The van der Waals surface area contributed by atoms with Crippen molar-refractivity contribution in [3.63, 3.8) is 0 Å². The number of amides is 1. The highest BCUT2D eigenvalue weighted by atomic mass is 35.5. The Morgan fingerprint density at radius 3 is 2.48 bits per heavy atom. The first-order valence-corrected chi connectivity index (χ1v) is 9.03. The molecule has 0 aliphatic carbocycles. The van der Waals surface area contributed by atoms with E-state index in [1.807, 2.05) is 18.2 Å². The van der Waals surface area contributed by atoms with Gasteiger partial charge in [-0.1, -0.05) is 48.5 Å². The van der Waals surface area contributed by atoms with E-state index in [-0.39, 0.29) is 30.7 Å². The number of rotatable bonds is 6. The van der Waals surface area contributed by atoms with Crippen LogP contribution in [0.3, 0.4) is 0 Å². The molecule has 0 bridgehead atoms. The van der Waals surface area contributed by atoms with Crippen LogP contribution >= 0.6 is 12.4 Å². The van der Waals surface area contributed by atoms with Crippen LogP contribution in [0.1, 0.15) is 17.0 Å². The average molecular weight is 392 g/mol. The Kier molecular flexibility index (Phi) is 7.78. The number of hydrogen-bond acceptors (Lipinski definition) is 3. The summed E-state index contributed by atoms with van der Waals surface area (Å²) >= 11 is 0. The molecule has 1 amide bonds. The first-order valence-electron chi connectivity index (χ1n) is 9.03. The molecule has 0 aromatic heterocycles. The summed E-state index contributed by atoms with van der Waals surface area (Å²) in [5.41, 5.74) is 7.78. The number of benzene rings is 2. The Morgan fingerprint density at radius 1 is 1.15 bits per heavy atom. The third-order valence-corrected chi connectivity index (χ3v) is 5.20. The Hall–Kier alpha value is -1.95. The van der Waals surface area contributed by atoms with E-state index in [0.717, 1.165) is 13.1 Å². The lowest BCUT2D eigenvalue weighted by Gasteiger charge is -2.22. The van der Waals surface area contributed by atoms with E-state index in [2.05, 4.69) is 17.0 Å². The molecule has 1 heterocycles. The van der Waals surface area contributed by atoms with Crippen molar-refractivity contribution in [1.29, 1.82) is 0 Å². The molecule has 2 N–H and O–H groups in total. The predicted octanol–water partition coefficient (Wildman–Crippen LogP) is 2.88. The zero-order valence-corrected chi connectivity index (χ0v) is 16.4. The normalized spacial score (nSPS) is 19.5. The van der Waals surface area contributed by atoms with Crippen molar-refractivity contribution >= 4 is 18.3 Å². The van der Waals surface area contributed by atoms with Gasteiger partial charge in [0.1, 0.15) is 5.82 Å². The van der Waals surface area contributed by atoms with Crippen molar-refractivity contribution in [2.45, 2.75) is 12.5 Å². The van der Waals surface area contributed by atoms with E-state index in [9.17, 15) is 9.18 Å². The van der Waals surface area contributed by atoms with Crippen LogP contribution in [0.2, 0.25) is 0 Å². The summed E-state index contributed by atoms with van der Waals surface area (Å²) in [6, 6.07) is 16.9. The number of likely N-dealkylation sites (tertiary alicyclic amines) is 1. The summed E-state index contributed by atoms with van der Waals surface area (Å²) in [6.45, 7) is 2.86. The molecule has 3 rings (SSSR count). The quantitative estimate of drug-likeness (QED) is 0.823. The van der Waals surface area contributed by atoms with E-state index in [1.54, 1.807) is 30.1 Å². The van der Waals surface area contributed by atoms with Gasteiger partial charge in [0.05, 0.1) is 6.54 Å². The fourth-order valence-corrected chi connectivity index (χ4v) is 3.69. The lowest BCUT2D eigenvalue weighted by Crippen LogP contribution is -2.37. The fraction of sp³-hybridized carbons (Fsp3) is 0.381. The number of likely N-dealkylation sites (N-methyl/N-ethyl adjacent to an activating group) is 1. The van der Waals surface area contributed by atoms with Gasteiger partial charge >= 0.3 is 0 Å². The third kappa shape index (κ3) is 5.28. The minimum atomic E-state index is -0.277. The van der Waals surface area contributed by atoms with Gasteiger partial charge in [-0.25, -0.2) is 4.39 Å². The maximum Gasteiger partial charge on any atom is 0.236 e.